The number of hydrogen-bond acceptors (Lipinski definition) is 4. The van der Waals surface area contributed by atoms with Gasteiger partial charge < -0.3 is 10.4 Å². The number of carbonyl (C=O) groups is 1. The molecule has 2 aromatic heterocycles. The van der Waals surface area contributed by atoms with Crippen LogP contribution in [0.3, 0.4) is 0 Å². The number of carboxylic acids is 1. The number of rotatable bonds is 4. The summed E-state index contributed by atoms with van der Waals surface area (Å²) in [4.78, 5) is 16.5. The number of nitrogens with one attached hydrogen (secondary N) is 1. The molecule has 0 spiro atoms. The Labute approximate surface area is 119 Å². The number of carboxylic acid groups (broad SMARTS) is 1. The lowest BCUT2D eigenvalue weighted by molar-refractivity contribution is -0.138. The highest BCUT2D eigenvalue weighted by molar-refractivity contribution is 7.10. The fourth-order valence-corrected chi connectivity index (χ4v) is 2.85. The molecule has 0 aliphatic carbocycles. The molecule has 1 unspecified atom stereocenters. The number of benzene rings is 1. The Hall–Kier alpha value is -2.40. The molecular formula is C15H12N2O2S. The van der Waals surface area contributed by atoms with Crippen molar-refractivity contribution in [2.45, 2.75) is 6.04 Å². The van der Waals surface area contributed by atoms with Gasteiger partial charge in [-0.25, -0.2) is 9.78 Å². The molecule has 5 heteroatoms. The van der Waals surface area contributed by atoms with Crippen LogP contribution in [0.4, 0.5) is 5.82 Å². The van der Waals surface area contributed by atoms with Crippen molar-refractivity contribution in [1.82, 2.24) is 4.98 Å². The largest absolute Gasteiger partial charge is 0.479 e. The first-order valence-electron chi connectivity index (χ1n) is 6.12. The van der Waals surface area contributed by atoms with E-state index in [1.165, 1.54) is 11.3 Å². The molecule has 4 nitrogen and oxygen atoms in total. The van der Waals surface area contributed by atoms with Gasteiger partial charge in [-0.3, -0.25) is 0 Å². The summed E-state index contributed by atoms with van der Waals surface area (Å²) in [5.41, 5.74) is 0. The van der Waals surface area contributed by atoms with E-state index in [9.17, 15) is 9.90 Å². The molecule has 3 rings (SSSR count). The van der Waals surface area contributed by atoms with Crippen LogP contribution >= 0.6 is 11.3 Å². The molecule has 20 heavy (non-hydrogen) atoms. The van der Waals surface area contributed by atoms with Gasteiger partial charge in [-0.1, -0.05) is 30.3 Å². The van der Waals surface area contributed by atoms with Gasteiger partial charge in [0.05, 0.1) is 0 Å². The second-order valence-electron chi connectivity index (χ2n) is 4.31. The molecule has 100 valence electrons. The monoisotopic (exact) mass is 284 g/mol. The van der Waals surface area contributed by atoms with E-state index in [0.717, 1.165) is 15.6 Å². The molecule has 0 aliphatic heterocycles. The first-order chi connectivity index (χ1) is 9.75. The van der Waals surface area contributed by atoms with Crippen molar-refractivity contribution in [3.63, 3.8) is 0 Å². The summed E-state index contributed by atoms with van der Waals surface area (Å²) in [6.45, 7) is 0. The number of fused-ring (bicyclic) bond motifs is 1. The van der Waals surface area contributed by atoms with Crippen LogP contribution in [0.5, 0.6) is 0 Å². The third-order valence-electron chi connectivity index (χ3n) is 3.03. The fourth-order valence-electron chi connectivity index (χ4n) is 2.08. The lowest BCUT2D eigenvalue weighted by Crippen LogP contribution is -2.20. The number of hydrogen-bond donors (Lipinski definition) is 2. The Kier molecular flexibility index (Phi) is 3.35. The minimum Gasteiger partial charge on any atom is -0.479 e. The predicted molar refractivity (Wildman–Crippen MR) is 80.1 cm³/mol. The molecule has 2 N–H and O–H groups in total. The maximum atomic E-state index is 11.5. The van der Waals surface area contributed by atoms with Crippen LogP contribution in [0, 0.1) is 0 Å². The number of pyridine rings is 1. The van der Waals surface area contributed by atoms with E-state index in [0.29, 0.717) is 5.82 Å². The van der Waals surface area contributed by atoms with Crippen molar-refractivity contribution >= 4 is 33.9 Å². The van der Waals surface area contributed by atoms with Gasteiger partial charge in [-0.15, -0.1) is 11.3 Å². The van der Waals surface area contributed by atoms with Gasteiger partial charge in [0, 0.05) is 16.5 Å². The molecule has 1 aromatic carbocycles. The molecule has 0 radical (unpaired) electrons. The summed E-state index contributed by atoms with van der Waals surface area (Å²) in [7, 11) is 0. The highest BCUT2D eigenvalue weighted by Crippen LogP contribution is 2.27. The lowest BCUT2D eigenvalue weighted by atomic mass is 10.1. The predicted octanol–water partition coefficient (Wildman–Crippen LogP) is 3.53. The Bertz CT molecular complexity index is 735. The van der Waals surface area contributed by atoms with E-state index >= 15 is 0 Å². The maximum absolute atomic E-state index is 11.5. The molecule has 0 saturated carbocycles. The van der Waals surface area contributed by atoms with Crippen molar-refractivity contribution in [2.24, 2.45) is 0 Å². The van der Waals surface area contributed by atoms with Crippen LogP contribution in [0.2, 0.25) is 0 Å². The van der Waals surface area contributed by atoms with Gasteiger partial charge in [-0.2, -0.15) is 0 Å². The number of anilines is 1. The second-order valence-corrected chi connectivity index (χ2v) is 5.29. The van der Waals surface area contributed by atoms with Crippen LogP contribution in [0.1, 0.15) is 10.9 Å². The Balaban J connectivity index is 2.01. The standard InChI is InChI=1S/C15H12N2O2S/c18-15(19)13(12-6-3-9-20-12)17-14-11-5-2-1-4-10(11)7-8-16-14/h1-9,13H,(H,16,17)(H,18,19). The number of aliphatic carboxylic acids is 1. The van der Waals surface area contributed by atoms with E-state index in [-0.39, 0.29) is 0 Å². The number of nitrogens with zero attached hydrogens (tertiary/aromatic N) is 1. The number of aromatic nitrogens is 1. The van der Waals surface area contributed by atoms with Crippen LogP contribution in [0.15, 0.2) is 54.0 Å². The van der Waals surface area contributed by atoms with E-state index in [1.54, 1.807) is 6.20 Å². The molecule has 0 fully saturated rings. The van der Waals surface area contributed by atoms with E-state index < -0.39 is 12.0 Å². The zero-order valence-corrected chi connectivity index (χ0v) is 11.3. The van der Waals surface area contributed by atoms with Gasteiger partial charge in [0.15, 0.2) is 6.04 Å². The van der Waals surface area contributed by atoms with Crippen molar-refractivity contribution < 1.29 is 9.90 Å². The first-order valence-corrected chi connectivity index (χ1v) is 7.00. The average Bonchev–Trinajstić information content (AvgIpc) is 2.98. The molecule has 2 heterocycles. The zero-order valence-electron chi connectivity index (χ0n) is 10.5. The maximum Gasteiger partial charge on any atom is 0.331 e. The van der Waals surface area contributed by atoms with Crippen molar-refractivity contribution in [3.05, 3.63) is 58.9 Å². The molecule has 0 amide bonds. The Morgan fingerprint density at radius 1 is 1.20 bits per heavy atom. The Morgan fingerprint density at radius 3 is 2.80 bits per heavy atom. The van der Waals surface area contributed by atoms with E-state index in [2.05, 4.69) is 10.3 Å². The van der Waals surface area contributed by atoms with E-state index in [4.69, 9.17) is 0 Å². The second kappa shape index (κ2) is 5.30. The average molecular weight is 284 g/mol. The molecule has 0 bridgehead atoms. The van der Waals surface area contributed by atoms with Crippen LogP contribution in [-0.4, -0.2) is 16.1 Å². The molecular weight excluding hydrogens is 272 g/mol. The summed E-state index contributed by atoms with van der Waals surface area (Å²) in [6.07, 6.45) is 1.68. The molecule has 3 aromatic rings. The van der Waals surface area contributed by atoms with Crippen LogP contribution in [0.25, 0.3) is 10.8 Å². The molecule has 0 aliphatic rings. The van der Waals surface area contributed by atoms with Gasteiger partial charge in [0.1, 0.15) is 5.82 Å². The zero-order chi connectivity index (χ0) is 13.9. The van der Waals surface area contributed by atoms with Crippen LogP contribution < -0.4 is 5.32 Å². The minimum absolute atomic E-state index is 0.587. The highest BCUT2D eigenvalue weighted by atomic mass is 32.1. The normalized spacial score (nSPS) is 12.2. The van der Waals surface area contributed by atoms with Crippen LogP contribution in [-0.2, 0) is 4.79 Å². The molecule has 1 atom stereocenters. The quantitative estimate of drug-likeness (QED) is 0.769. The SMILES string of the molecule is O=C(O)C(Nc1nccc2ccccc12)c1cccs1. The summed E-state index contributed by atoms with van der Waals surface area (Å²) >= 11 is 1.41. The van der Waals surface area contributed by atoms with Gasteiger partial charge in [0.2, 0.25) is 0 Å². The fraction of sp³-hybridized carbons (Fsp3) is 0.0667. The summed E-state index contributed by atoms with van der Waals surface area (Å²) in [5, 5.41) is 16.2. The van der Waals surface area contributed by atoms with E-state index in [1.807, 2.05) is 47.8 Å². The molecule has 0 saturated heterocycles. The highest BCUT2D eigenvalue weighted by Gasteiger charge is 2.21. The third kappa shape index (κ3) is 2.35. The summed E-state index contributed by atoms with van der Waals surface area (Å²) in [5.74, 6) is -0.328. The number of thiophene rings is 1. The summed E-state index contributed by atoms with van der Waals surface area (Å²) in [6, 6.07) is 12.5. The van der Waals surface area contributed by atoms with Gasteiger partial charge in [0.25, 0.3) is 0 Å². The first kappa shape index (κ1) is 12.6. The smallest absolute Gasteiger partial charge is 0.331 e. The van der Waals surface area contributed by atoms with Crippen molar-refractivity contribution in [3.8, 4) is 0 Å². The topological polar surface area (TPSA) is 62.2 Å². The van der Waals surface area contributed by atoms with Gasteiger partial charge >= 0.3 is 5.97 Å². The van der Waals surface area contributed by atoms with Crippen molar-refractivity contribution in [2.75, 3.05) is 5.32 Å². The Morgan fingerprint density at radius 2 is 2.05 bits per heavy atom. The van der Waals surface area contributed by atoms with Gasteiger partial charge in [-0.05, 0) is 22.9 Å². The third-order valence-corrected chi connectivity index (χ3v) is 3.97. The summed E-state index contributed by atoms with van der Waals surface area (Å²) < 4.78 is 0. The lowest BCUT2D eigenvalue weighted by Gasteiger charge is -2.15. The minimum atomic E-state index is -0.915. The van der Waals surface area contributed by atoms with Crippen molar-refractivity contribution in [1.29, 1.82) is 0 Å².